The molecule has 0 aliphatic heterocycles. The Morgan fingerprint density at radius 1 is 1.23 bits per heavy atom. The minimum atomic E-state index is -0.460. The zero-order valence-corrected chi connectivity index (χ0v) is 17.6. The zero-order chi connectivity index (χ0) is 21.7. The van der Waals surface area contributed by atoms with Gasteiger partial charge in [0.25, 0.3) is 11.6 Å². The summed E-state index contributed by atoms with van der Waals surface area (Å²) in [7, 11) is 3.89. The summed E-state index contributed by atoms with van der Waals surface area (Å²) < 4.78 is 0. The first-order chi connectivity index (χ1) is 14.3. The fourth-order valence-corrected chi connectivity index (χ4v) is 3.65. The molecule has 0 spiro atoms. The van der Waals surface area contributed by atoms with E-state index in [2.05, 4.69) is 20.6 Å². The highest BCUT2D eigenvalue weighted by Crippen LogP contribution is 2.26. The lowest BCUT2D eigenvalue weighted by Crippen LogP contribution is -2.34. The third kappa shape index (κ3) is 5.43. The number of nitro groups is 1. The Morgan fingerprint density at radius 3 is 2.63 bits per heavy atom. The summed E-state index contributed by atoms with van der Waals surface area (Å²) in [6, 6.07) is 6.76. The van der Waals surface area contributed by atoms with Gasteiger partial charge in [-0.2, -0.15) is 4.98 Å². The van der Waals surface area contributed by atoms with Crippen molar-refractivity contribution < 1.29 is 9.72 Å². The molecule has 9 nitrogen and oxygen atoms in total. The van der Waals surface area contributed by atoms with Crippen LogP contribution in [-0.4, -0.2) is 47.5 Å². The molecular weight excluding hydrogens is 384 g/mol. The first-order valence-electron chi connectivity index (χ1n) is 10.1. The van der Waals surface area contributed by atoms with E-state index in [-0.39, 0.29) is 11.6 Å². The number of nitro benzene ring substituents is 1. The summed E-state index contributed by atoms with van der Waals surface area (Å²) in [5.74, 6) is 1.62. The van der Waals surface area contributed by atoms with Crippen molar-refractivity contribution in [3.63, 3.8) is 0 Å². The molecule has 0 atom stereocenters. The van der Waals surface area contributed by atoms with Gasteiger partial charge in [-0.25, -0.2) is 4.98 Å². The summed E-state index contributed by atoms with van der Waals surface area (Å²) in [6.07, 6.45) is 5.68. The lowest BCUT2D eigenvalue weighted by molar-refractivity contribution is -0.385. The molecule has 30 heavy (non-hydrogen) atoms. The molecule has 160 valence electrons. The molecule has 1 aromatic heterocycles. The molecule has 1 aliphatic carbocycles. The molecule has 1 aliphatic rings. The van der Waals surface area contributed by atoms with E-state index in [4.69, 9.17) is 0 Å². The summed E-state index contributed by atoms with van der Waals surface area (Å²) >= 11 is 0. The predicted octanol–water partition coefficient (Wildman–Crippen LogP) is 3.16. The van der Waals surface area contributed by atoms with Gasteiger partial charge in [-0.05, 0) is 50.7 Å². The van der Waals surface area contributed by atoms with Crippen LogP contribution in [0.3, 0.4) is 0 Å². The number of rotatable bonds is 7. The highest BCUT2D eigenvalue weighted by molar-refractivity contribution is 5.95. The van der Waals surface area contributed by atoms with Gasteiger partial charge in [-0.3, -0.25) is 14.9 Å². The van der Waals surface area contributed by atoms with Crippen LogP contribution in [0.25, 0.3) is 0 Å². The monoisotopic (exact) mass is 412 g/mol. The second-order valence-electron chi connectivity index (χ2n) is 7.96. The molecule has 1 saturated carbocycles. The Kier molecular flexibility index (Phi) is 6.81. The Hall–Kier alpha value is -3.23. The van der Waals surface area contributed by atoms with Gasteiger partial charge in [0.15, 0.2) is 0 Å². The van der Waals surface area contributed by atoms with Crippen LogP contribution < -0.4 is 15.5 Å². The first-order valence-corrected chi connectivity index (χ1v) is 10.1. The number of carbonyl (C=O) groups is 1. The minimum Gasteiger partial charge on any atom is -0.363 e. The maximum Gasteiger partial charge on any atom is 0.273 e. The summed E-state index contributed by atoms with van der Waals surface area (Å²) in [6.45, 7) is 2.23. The Labute approximate surface area is 176 Å². The van der Waals surface area contributed by atoms with Gasteiger partial charge in [0, 0.05) is 50.1 Å². The molecule has 0 saturated heterocycles. The normalized spacial score (nSPS) is 18.5. The van der Waals surface area contributed by atoms with Gasteiger partial charge in [0.1, 0.15) is 5.82 Å². The molecule has 0 bridgehead atoms. The number of aromatic nitrogens is 2. The third-order valence-corrected chi connectivity index (χ3v) is 5.50. The summed E-state index contributed by atoms with van der Waals surface area (Å²) in [4.78, 5) is 33.8. The second kappa shape index (κ2) is 9.51. The van der Waals surface area contributed by atoms with Crippen molar-refractivity contribution in [2.24, 2.45) is 5.92 Å². The second-order valence-corrected chi connectivity index (χ2v) is 7.96. The Bertz CT molecular complexity index is 909. The SMILES string of the molecule is Cc1ccc(C(=O)NC[C@H]2CC[C@@H](Nc3nccc(N(C)C)n3)CC2)cc1[N+](=O)[O-]. The van der Waals surface area contributed by atoms with Gasteiger partial charge in [-0.15, -0.1) is 0 Å². The fraction of sp³-hybridized carbons (Fsp3) is 0.476. The van der Waals surface area contributed by atoms with Crippen molar-refractivity contribution in [3.8, 4) is 0 Å². The van der Waals surface area contributed by atoms with Crippen molar-refractivity contribution in [1.82, 2.24) is 15.3 Å². The maximum absolute atomic E-state index is 12.4. The van der Waals surface area contributed by atoms with E-state index in [9.17, 15) is 14.9 Å². The molecule has 1 aromatic carbocycles. The van der Waals surface area contributed by atoms with Crippen molar-refractivity contribution in [2.45, 2.75) is 38.6 Å². The van der Waals surface area contributed by atoms with Crippen LogP contribution in [0, 0.1) is 23.0 Å². The Balaban J connectivity index is 1.47. The molecule has 1 fully saturated rings. The van der Waals surface area contributed by atoms with Gasteiger partial charge in [0.2, 0.25) is 5.95 Å². The molecule has 0 unspecified atom stereocenters. The van der Waals surface area contributed by atoms with Gasteiger partial charge in [-0.1, -0.05) is 6.07 Å². The van der Waals surface area contributed by atoms with E-state index >= 15 is 0 Å². The quantitative estimate of drug-likeness (QED) is 0.530. The molecule has 0 radical (unpaired) electrons. The maximum atomic E-state index is 12.4. The van der Waals surface area contributed by atoms with Crippen molar-refractivity contribution in [2.75, 3.05) is 30.9 Å². The first kappa shape index (κ1) is 21.5. The molecule has 1 amide bonds. The largest absolute Gasteiger partial charge is 0.363 e. The summed E-state index contributed by atoms with van der Waals surface area (Å²) in [5, 5.41) is 17.4. The van der Waals surface area contributed by atoms with E-state index in [1.54, 1.807) is 25.3 Å². The average molecular weight is 412 g/mol. The van der Waals surface area contributed by atoms with Crippen LogP contribution in [0.1, 0.15) is 41.6 Å². The van der Waals surface area contributed by atoms with Crippen molar-refractivity contribution >= 4 is 23.4 Å². The number of nitrogens with zero attached hydrogens (tertiary/aromatic N) is 4. The van der Waals surface area contributed by atoms with Crippen LogP contribution in [0.15, 0.2) is 30.5 Å². The minimum absolute atomic E-state index is 0.0326. The van der Waals surface area contributed by atoms with Crippen molar-refractivity contribution in [1.29, 1.82) is 0 Å². The van der Waals surface area contributed by atoms with E-state index in [0.717, 1.165) is 31.5 Å². The molecule has 1 heterocycles. The molecule has 2 N–H and O–H groups in total. The average Bonchev–Trinajstić information content (AvgIpc) is 2.73. The number of nitrogens with one attached hydrogen (secondary N) is 2. The predicted molar refractivity (Wildman–Crippen MR) is 116 cm³/mol. The number of carbonyl (C=O) groups excluding carboxylic acids is 1. The zero-order valence-electron chi connectivity index (χ0n) is 17.6. The van der Waals surface area contributed by atoms with Crippen molar-refractivity contribution in [3.05, 3.63) is 51.7 Å². The summed E-state index contributed by atoms with van der Waals surface area (Å²) in [5.41, 5.74) is 0.831. The molecule has 9 heteroatoms. The molecule has 3 rings (SSSR count). The number of hydrogen-bond acceptors (Lipinski definition) is 7. The molecule has 2 aromatic rings. The molecular formula is C21H28N6O3. The van der Waals surface area contributed by atoms with Crippen LogP contribution in [0.2, 0.25) is 0 Å². The number of amides is 1. The number of anilines is 2. The topological polar surface area (TPSA) is 113 Å². The van der Waals surface area contributed by atoms with E-state index in [1.165, 1.54) is 6.07 Å². The van der Waals surface area contributed by atoms with E-state index < -0.39 is 4.92 Å². The standard InChI is InChI=1S/C21H28N6O3/c1-14-4-7-16(12-18(14)27(29)30)20(28)23-13-15-5-8-17(9-6-15)24-21-22-11-10-19(25-21)26(2)3/h4,7,10-12,15,17H,5-6,8-9,13H2,1-3H3,(H,23,28)(H,22,24,25)/t15-,17+. The fourth-order valence-electron chi connectivity index (χ4n) is 3.65. The van der Waals surface area contributed by atoms with Crippen LogP contribution in [0.5, 0.6) is 0 Å². The van der Waals surface area contributed by atoms with E-state index in [1.807, 2.05) is 25.1 Å². The Morgan fingerprint density at radius 2 is 1.97 bits per heavy atom. The lowest BCUT2D eigenvalue weighted by Gasteiger charge is -2.29. The number of benzene rings is 1. The number of aryl methyl sites for hydroxylation is 1. The highest BCUT2D eigenvalue weighted by Gasteiger charge is 2.23. The van der Waals surface area contributed by atoms with Crippen LogP contribution >= 0.6 is 0 Å². The third-order valence-electron chi connectivity index (χ3n) is 5.50. The van der Waals surface area contributed by atoms with Crippen LogP contribution in [0.4, 0.5) is 17.5 Å². The lowest BCUT2D eigenvalue weighted by atomic mass is 9.86. The van der Waals surface area contributed by atoms with Crippen LogP contribution in [-0.2, 0) is 0 Å². The van der Waals surface area contributed by atoms with Gasteiger partial charge in [0.05, 0.1) is 4.92 Å². The van der Waals surface area contributed by atoms with E-state index in [0.29, 0.717) is 35.6 Å². The smallest absolute Gasteiger partial charge is 0.273 e. The highest BCUT2D eigenvalue weighted by atomic mass is 16.6. The number of hydrogen-bond donors (Lipinski definition) is 2. The van der Waals surface area contributed by atoms with Gasteiger partial charge >= 0.3 is 0 Å². The van der Waals surface area contributed by atoms with Gasteiger partial charge < -0.3 is 15.5 Å².